The predicted molar refractivity (Wildman–Crippen MR) is 107 cm³/mol. The smallest absolute Gasteiger partial charge is 0.231 e. The number of hydrogen-bond acceptors (Lipinski definition) is 4. The van der Waals surface area contributed by atoms with Gasteiger partial charge in [-0.3, -0.25) is 9.67 Å². The van der Waals surface area contributed by atoms with Gasteiger partial charge in [0, 0.05) is 32.5 Å². The molecule has 2 heterocycles. The first-order valence-electron chi connectivity index (χ1n) is 9.19. The van der Waals surface area contributed by atoms with Gasteiger partial charge in [0.2, 0.25) is 6.79 Å². The fourth-order valence-electron chi connectivity index (χ4n) is 3.09. The van der Waals surface area contributed by atoms with Gasteiger partial charge in [-0.1, -0.05) is 30.3 Å². The first-order valence-corrected chi connectivity index (χ1v) is 9.19. The molecule has 0 atom stereocenters. The summed E-state index contributed by atoms with van der Waals surface area (Å²) >= 11 is 0. The number of fused-ring (bicyclic) bond motifs is 1. The highest BCUT2D eigenvalue weighted by Crippen LogP contribution is 2.32. The van der Waals surface area contributed by atoms with Gasteiger partial charge in [0.15, 0.2) is 17.5 Å². The summed E-state index contributed by atoms with van der Waals surface area (Å²) in [4.78, 5) is 4.32. The van der Waals surface area contributed by atoms with E-state index in [0.717, 1.165) is 29.6 Å². The highest BCUT2D eigenvalue weighted by atomic mass is 16.7. The third-order valence-corrected chi connectivity index (χ3v) is 4.58. The van der Waals surface area contributed by atoms with Crippen LogP contribution in [-0.2, 0) is 19.6 Å². The van der Waals surface area contributed by atoms with Crippen molar-refractivity contribution in [2.24, 2.45) is 4.99 Å². The van der Waals surface area contributed by atoms with Crippen LogP contribution in [-0.4, -0.2) is 29.6 Å². The highest BCUT2D eigenvalue weighted by Gasteiger charge is 2.13. The summed E-state index contributed by atoms with van der Waals surface area (Å²) < 4.78 is 12.7. The zero-order chi connectivity index (χ0) is 19.2. The molecule has 0 fully saturated rings. The van der Waals surface area contributed by atoms with E-state index >= 15 is 0 Å². The van der Waals surface area contributed by atoms with Crippen molar-refractivity contribution in [2.45, 2.75) is 19.6 Å². The molecule has 2 aromatic carbocycles. The average Bonchev–Trinajstić information content (AvgIpc) is 3.40. The molecule has 0 saturated heterocycles. The van der Waals surface area contributed by atoms with Crippen LogP contribution in [0.15, 0.2) is 65.9 Å². The van der Waals surface area contributed by atoms with Gasteiger partial charge in [-0.15, -0.1) is 0 Å². The standard InChI is InChI=1S/C21H23N5O2/c1-22-21(23-12-16-7-8-19-20(11-16)28-15-27-19)24-13-17-5-2-3-6-18(17)14-26-10-4-9-25-26/h2-11H,12-15H2,1H3,(H2,22,23,24). The first-order chi connectivity index (χ1) is 13.8. The number of ether oxygens (including phenoxy) is 2. The summed E-state index contributed by atoms with van der Waals surface area (Å²) in [6.07, 6.45) is 3.76. The Morgan fingerprint density at radius 2 is 1.86 bits per heavy atom. The molecular weight excluding hydrogens is 354 g/mol. The number of aromatic nitrogens is 2. The molecular formula is C21H23N5O2. The molecule has 0 unspecified atom stereocenters. The topological polar surface area (TPSA) is 72.7 Å². The van der Waals surface area contributed by atoms with E-state index in [2.05, 4.69) is 38.9 Å². The molecule has 2 N–H and O–H groups in total. The molecule has 0 saturated carbocycles. The quantitative estimate of drug-likeness (QED) is 0.510. The molecule has 0 amide bonds. The Morgan fingerprint density at radius 3 is 2.68 bits per heavy atom. The molecule has 28 heavy (non-hydrogen) atoms. The van der Waals surface area contributed by atoms with Gasteiger partial charge in [-0.05, 0) is 34.9 Å². The molecule has 1 aliphatic heterocycles. The molecule has 1 aliphatic rings. The summed E-state index contributed by atoms with van der Waals surface area (Å²) in [5, 5.41) is 11.0. The van der Waals surface area contributed by atoms with Crippen LogP contribution in [0.1, 0.15) is 16.7 Å². The molecule has 7 heteroatoms. The second-order valence-corrected chi connectivity index (χ2v) is 6.44. The zero-order valence-electron chi connectivity index (χ0n) is 15.8. The van der Waals surface area contributed by atoms with E-state index in [9.17, 15) is 0 Å². The Kier molecular flexibility index (Phi) is 5.42. The number of aliphatic imine (C=N–C) groups is 1. The van der Waals surface area contributed by atoms with E-state index in [1.807, 2.05) is 41.2 Å². The summed E-state index contributed by atoms with van der Waals surface area (Å²) in [6, 6.07) is 16.2. The van der Waals surface area contributed by atoms with Gasteiger partial charge >= 0.3 is 0 Å². The van der Waals surface area contributed by atoms with Crippen molar-refractivity contribution in [1.29, 1.82) is 0 Å². The second-order valence-electron chi connectivity index (χ2n) is 6.44. The molecule has 144 valence electrons. The van der Waals surface area contributed by atoms with Gasteiger partial charge in [0.1, 0.15) is 0 Å². The average molecular weight is 377 g/mol. The van der Waals surface area contributed by atoms with Crippen molar-refractivity contribution >= 4 is 5.96 Å². The van der Waals surface area contributed by atoms with Crippen molar-refractivity contribution in [3.05, 3.63) is 77.6 Å². The fourth-order valence-corrected chi connectivity index (χ4v) is 3.09. The maximum Gasteiger partial charge on any atom is 0.231 e. The van der Waals surface area contributed by atoms with E-state index < -0.39 is 0 Å². The van der Waals surface area contributed by atoms with Crippen LogP contribution < -0.4 is 20.1 Å². The number of nitrogens with one attached hydrogen (secondary N) is 2. The minimum Gasteiger partial charge on any atom is -0.454 e. The lowest BCUT2D eigenvalue weighted by Crippen LogP contribution is -2.36. The van der Waals surface area contributed by atoms with Crippen LogP contribution in [0, 0.1) is 0 Å². The lowest BCUT2D eigenvalue weighted by atomic mass is 10.1. The lowest BCUT2D eigenvalue weighted by Gasteiger charge is -2.14. The van der Waals surface area contributed by atoms with E-state index in [1.54, 1.807) is 13.2 Å². The van der Waals surface area contributed by atoms with E-state index in [4.69, 9.17) is 9.47 Å². The summed E-state index contributed by atoms with van der Waals surface area (Å²) in [6.45, 7) is 2.35. The Bertz CT molecular complexity index is 953. The van der Waals surface area contributed by atoms with Gasteiger partial charge < -0.3 is 20.1 Å². The molecule has 1 aromatic heterocycles. The Hall–Kier alpha value is -3.48. The molecule has 0 spiro atoms. The molecule has 4 rings (SSSR count). The number of nitrogens with zero attached hydrogens (tertiary/aromatic N) is 3. The first kappa shape index (κ1) is 17.9. The minimum atomic E-state index is 0.285. The number of guanidine groups is 1. The number of benzene rings is 2. The van der Waals surface area contributed by atoms with Crippen molar-refractivity contribution in [3.8, 4) is 11.5 Å². The lowest BCUT2D eigenvalue weighted by molar-refractivity contribution is 0.174. The molecule has 0 aliphatic carbocycles. The third-order valence-electron chi connectivity index (χ3n) is 4.58. The monoisotopic (exact) mass is 377 g/mol. The molecule has 0 bridgehead atoms. The maximum atomic E-state index is 5.43. The van der Waals surface area contributed by atoms with Crippen LogP contribution >= 0.6 is 0 Å². The molecule has 3 aromatic rings. The Morgan fingerprint density at radius 1 is 1.04 bits per heavy atom. The summed E-state index contributed by atoms with van der Waals surface area (Å²) in [7, 11) is 1.77. The van der Waals surface area contributed by atoms with Crippen molar-refractivity contribution < 1.29 is 9.47 Å². The van der Waals surface area contributed by atoms with Crippen LogP contribution in [0.4, 0.5) is 0 Å². The fraction of sp³-hybridized carbons (Fsp3) is 0.238. The van der Waals surface area contributed by atoms with Gasteiger partial charge in [0.25, 0.3) is 0 Å². The third kappa shape index (κ3) is 4.25. The van der Waals surface area contributed by atoms with Gasteiger partial charge in [-0.25, -0.2) is 0 Å². The highest BCUT2D eigenvalue weighted by molar-refractivity contribution is 5.79. The number of rotatable bonds is 6. The van der Waals surface area contributed by atoms with Gasteiger partial charge in [0.05, 0.1) is 6.54 Å². The molecule has 7 nitrogen and oxygen atoms in total. The van der Waals surface area contributed by atoms with Crippen LogP contribution in [0.25, 0.3) is 0 Å². The van der Waals surface area contributed by atoms with Gasteiger partial charge in [-0.2, -0.15) is 5.10 Å². The Balaban J connectivity index is 1.35. The van der Waals surface area contributed by atoms with Crippen LogP contribution in [0.3, 0.4) is 0 Å². The predicted octanol–water partition coefficient (Wildman–Crippen LogP) is 2.53. The Labute approximate surface area is 164 Å². The minimum absolute atomic E-state index is 0.285. The van der Waals surface area contributed by atoms with Crippen LogP contribution in [0.2, 0.25) is 0 Å². The number of hydrogen-bond donors (Lipinski definition) is 2. The second kappa shape index (κ2) is 8.47. The van der Waals surface area contributed by atoms with Crippen molar-refractivity contribution in [1.82, 2.24) is 20.4 Å². The van der Waals surface area contributed by atoms with Crippen molar-refractivity contribution in [3.63, 3.8) is 0 Å². The molecule has 0 radical (unpaired) electrons. The van der Waals surface area contributed by atoms with E-state index in [1.165, 1.54) is 11.1 Å². The zero-order valence-corrected chi connectivity index (χ0v) is 15.8. The normalized spacial score (nSPS) is 12.8. The van der Waals surface area contributed by atoms with Crippen molar-refractivity contribution in [2.75, 3.05) is 13.8 Å². The largest absolute Gasteiger partial charge is 0.454 e. The van der Waals surface area contributed by atoms with E-state index in [-0.39, 0.29) is 6.79 Å². The summed E-state index contributed by atoms with van der Waals surface area (Å²) in [5.41, 5.74) is 3.54. The van der Waals surface area contributed by atoms with E-state index in [0.29, 0.717) is 13.1 Å². The maximum absolute atomic E-state index is 5.43. The summed E-state index contributed by atoms with van der Waals surface area (Å²) in [5.74, 6) is 2.32. The SMILES string of the molecule is CN=C(NCc1ccc2c(c1)OCO2)NCc1ccccc1Cn1cccn1. The van der Waals surface area contributed by atoms with Crippen LogP contribution in [0.5, 0.6) is 11.5 Å².